The summed E-state index contributed by atoms with van der Waals surface area (Å²) in [6.45, 7) is 1.22. The van der Waals surface area contributed by atoms with Gasteiger partial charge >= 0.3 is 0 Å². The lowest BCUT2D eigenvalue weighted by Crippen LogP contribution is -1.97. The summed E-state index contributed by atoms with van der Waals surface area (Å²) in [5, 5.41) is 10.5. The van der Waals surface area contributed by atoms with Gasteiger partial charge in [0.2, 0.25) is 0 Å². The van der Waals surface area contributed by atoms with E-state index in [0.29, 0.717) is 0 Å². The van der Waals surface area contributed by atoms with E-state index >= 15 is 0 Å². The van der Waals surface area contributed by atoms with E-state index in [1.807, 2.05) is 6.07 Å². The van der Waals surface area contributed by atoms with Crippen molar-refractivity contribution >= 4 is 26.8 Å². The van der Waals surface area contributed by atoms with E-state index in [-0.39, 0.29) is 6.61 Å². The van der Waals surface area contributed by atoms with Crippen LogP contribution in [0.25, 0.3) is 10.9 Å². The predicted octanol–water partition coefficient (Wildman–Crippen LogP) is 3.31. The Labute approximate surface area is 103 Å². The Kier molecular flexibility index (Phi) is 2.52. The molecule has 1 aromatic carbocycles. The van der Waals surface area contributed by atoms with Gasteiger partial charge in [-0.05, 0) is 42.5 Å². The molecule has 1 N–H and O–H groups in total. The van der Waals surface area contributed by atoms with Crippen LogP contribution in [0, 0.1) is 5.92 Å². The van der Waals surface area contributed by atoms with Crippen LogP contribution in [0.5, 0.6) is 0 Å². The monoisotopic (exact) mass is 279 g/mol. The standard InChI is InChI=1S/C13H14BrNO/c14-11-5-10(8-16)12-3-4-15(13(12)6-11)7-9-1-2-9/h3-6,9,16H,1-2,7-8H2. The van der Waals surface area contributed by atoms with Crippen molar-refractivity contribution in [3.63, 3.8) is 0 Å². The van der Waals surface area contributed by atoms with Crippen LogP contribution in [0.4, 0.5) is 0 Å². The number of rotatable bonds is 3. The summed E-state index contributed by atoms with van der Waals surface area (Å²) >= 11 is 3.50. The second-order valence-electron chi connectivity index (χ2n) is 4.57. The van der Waals surface area contributed by atoms with Crippen LogP contribution in [0.2, 0.25) is 0 Å². The molecule has 1 aliphatic rings. The minimum Gasteiger partial charge on any atom is -0.392 e. The first-order chi connectivity index (χ1) is 7.78. The van der Waals surface area contributed by atoms with Crippen LogP contribution in [0.1, 0.15) is 18.4 Å². The molecule has 1 fully saturated rings. The highest BCUT2D eigenvalue weighted by Gasteiger charge is 2.22. The average molecular weight is 280 g/mol. The summed E-state index contributed by atoms with van der Waals surface area (Å²) in [5.74, 6) is 0.868. The molecular formula is C13H14BrNO. The van der Waals surface area contributed by atoms with Gasteiger partial charge in [-0.25, -0.2) is 0 Å². The van der Waals surface area contributed by atoms with E-state index in [2.05, 4.69) is 38.8 Å². The summed E-state index contributed by atoms with van der Waals surface area (Å²) in [6.07, 6.45) is 4.86. The Balaban J connectivity index is 2.12. The van der Waals surface area contributed by atoms with Crippen molar-refractivity contribution in [2.45, 2.75) is 26.0 Å². The molecule has 2 nitrogen and oxygen atoms in total. The van der Waals surface area contributed by atoms with E-state index < -0.39 is 0 Å². The number of aromatic nitrogens is 1. The molecule has 16 heavy (non-hydrogen) atoms. The van der Waals surface area contributed by atoms with Crippen molar-refractivity contribution in [1.82, 2.24) is 4.57 Å². The predicted molar refractivity (Wildman–Crippen MR) is 68.3 cm³/mol. The second kappa shape index (κ2) is 3.90. The molecule has 1 heterocycles. The van der Waals surface area contributed by atoms with Gasteiger partial charge in [0.15, 0.2) is 0 Å². The largest absolute Gasteiger partial charge is 0.392 e. The molecule has 0 spiro atoms. The first-order valence-electron chi connectivity index (χ1n) is 5.66. The first kappa shape index (κ1) is 10.4. The van der Waals surface area contributed by atoms with Crippen LogP contribution in [0.15, 0.2) is 28.9 Å². The fourth-order valence-corrected chi connectivity index (χ4v) is 2.70. The first-order valence-corrected chi connectivity index (χ1v) is 6.45. The maximum absolute atomic E-state index is 9.33. The van der Waals surface area contributed by atoms with Gasteiger partial charge in [0.05, 0.1) is 6.61 Å². The van der Waals surface area contributed by atoms with Crippen LogP contribution in [-0.2, 0) is 13.2 Å². The summed E-state index contributed by atoms with van der Waals surface area (Å²) in [6, 6.07) is 6.23. The fraction of sp³-hybridized carbons (Fsp3) is 0.385. The van der Waals surface area contributed by atoms with Crippen LogP contribution in [-0.4, -0.2) is 9.67 Å². The minimum atomic E-state index is 0.101. The maximum atomic E-state index is 9.33. The van der Waals surface area contributed by atoms with Crippen LogP contribution >= 0.6 is 15.9 Å². The lowest BCUT2D eigenvalue weighted by Gasteiger charge is -2.06. The number of benzene rings is 1. The molecule has 3 heteroatoms. The smallest absolute Gasteiger partial charge is 0.0688 e. The zero-order valence-corrected chi connectivity index (χ0v) is 10.6. The SMILES string of the molecule is OCc1cc(Br)cc2c1ccn2CC1CC1. The van der Waals surface area contributed by atoms with Crippen LogP contribution < -0.4 is 0 Å². The quantitative estimate of drug-likeness (QED) is 0.916. The molecule has 0 atom stereocenters. The third kappa shape index (κ3) is 1.78. The average Bonchev–Trinajstić information content (AvgIpc) is 3.00. The number of hydrogen-bond donors (Lipinski definition) is 1. The Morgan fingerprint density at radius 2 is 2.19 bits per heavy atom. The minimum absolute atomic E-state index is 0.101. The van der Waals surface area contributed by atoms with Crippen molar-refractivity contribution in [1.29, 1.82) is 0 Å². The fourth-order valence-electron chi connectivity index (χ4n) is 2.20. The summed E-state index contributed by atoms with van der Waals surface area (Å²) in [4.78, 5) is 0. The molecule has 2 aromatic rings. The van der Waals surface area contributed by atoms with Gasteiger partial charge in [-0.3, -0.25) is 0 Å². The summed E-state index contributed by atoms with van der Waals surface area (Å²) in [7, 11) is 0. The molecule has 0 radical (unpaired) electrons. The highest BCUT2D eigenvalue weighted by atomic mass is 79.9. The lowest BCUT2D eigenvalue weighted by molar-refractivity contribution is 0.283. The van der Waals surface area contributed by atoms with Crippen molar-refractivity contribution < 1.29 is 5.11 Å². The van der Waals surface area contributed by atoms with E-state index in [4.69, 9.17) is 0 Å². The number of aliphatic hydroxyl groups excluding tert-OH is 1. The Bertz CT molecular complexity index is 528. The topological polar surface area (TPSA) is 25.2 Å². The van der Waals surface area contributed by atoms with E-state index in [1.165, 1.54) is 23.7 Å². The normalized spacial score (nSPS) is 15.9. The van der Waals surface area contributed by atoms with Gasteiger partial charge < -0.3 is 9.67 Å². The van der Waals surface area contributed by atoms with Gasteiger partial charge in [-0.2, -0.15) is 0 Å². The highest BCUT2D eigenvalue weighted by Crippen LogP contribution is 2.33. The van der Waals surface area contributed by atoms with Gasteiger partial charge in [-0.1, -0.05) is 15.9 Å². The molecule has 84 valence electrons. The molecular weight excluding hydrogens is 266 g/mol. The molecule has 1 aliphatic carbocycles. The summed E-state index contributed by atoms with van der Waals surface area (Å²) < 4.78 is 3.34. The zero-order valence-electron chi connectivity index (χ0n) is 8.99. The third-order valence-electron chi connectivity index (χ3n) is 3.26. The van der Waals surface area contributed by atoms with E-state index in [1.54, 1.807) is 0 Å². The third-order valence-corrected chi connectivity index (χ3v) is 3.72. The summed E-state index contributed by atoms with van der Waals surface area (Å²) in [5.41, 5.74) is 2.23. The second-order valence-corrected chi connectivity index (χ2v) is 5.48. The molecule has 0 amide bonds. The van der Waals surface area contributed by atoms with Gasteiger partial charge in [0.1, 0.15) is 0 Å². The molecule has 0 unspecified atom stereocenters. The van der Waals surface area contributed by atoms with Gasteiger partial charge in [-0.15, -0.1) is 0 Å². The number of aliphatic hydroxyl groups is 1. The highest BCUT2D eigenvalue weighted by molar-refractivity contribution is 9.10. The van der Waals surface area contributed by atoms with Crippen molar-refractivity contribution in [3.8, 4) is 0 Å². The van der Waals surface area contributed by atoms with Gasteiger partial charge in [0, 0.05) is 28.1 Å². The molecule has 0 bridgehead atoms. The van der Waals surface area contributed by atoms with E-state index in [0.717, 1.165) is 22.5 Å². The van der Waals surface area contributed by atoms with Gasteiger partial charge in [0.25, 0.3) is 0 Å². The zero-order chi connectivity index (χ0) is 11.1. The lowest BCUT2D eigenvalue weighted by atomic mass is 10.1. The Morgan fingerprint density at radius 1 is 1.38 bits per heavy atom. The Hall–Kier alpha value is -0.800. The number of fused-ring (bicyclic) bond motifs is 1. The van der Waals surface area contributed by atoms with E-state index in [9.17, 15) is 5.11 Å². The molecule has 3 rings (SSSR count). The van der Waals surface area contributed by atoms with Crippen LogP contribution in [0.3, 0.4) is 0 Å². The molecule has 1 aromatic heterocycles. The van der Waals surface area contributed by atoms with Crippen molar-refractivity contribution in [2.24, 2.45) is 5.92 Å². The maximum Gasteiger partial charge on any atom is 0.0688 e. The molecule has 1 saturated carbocycles. The van der Waals surface area contributed by atoms with Crippen molar-refractivity contribution in [3.05, 3.63) is 34.4 Å². The molecule has 0 saturated heterocycles. The van der Waals surface area contributed by atoms with Crippen molar-refractivity contribution in [2.75, 3.05) is 0 Å². The number of halogens is 1. The number of nitrogens with zero attached hydrogens (tertiary/aromatic N) is 1. The Morgan fingerprint density at radius 3 is 2.88 bits per heavy atom. The number of hydrogen-bond acceptors (Lipinski definition) is 1. The molecule has 0 aliphatic heterocycles.